The van der Waals surface area contributed by atoms with Crippen LogP contribution in [-0.2, 0) is 22.7 Å². The topological polar surface area (TPSA) is 150 Å². The molecule has 4 aromatic carbocycles. The fraction of sp³-hybridized carbons (Fsp3) is 0.0889. The van der Waals surface area contributed by atoms with Crippen molar-refractivity contribution in [2.75, 3.05) is 17.7 Å². The number of aromatic nitrogens is 5. The second-order valence-electron chi connectivity index (χ2n) is 13.6. The monoisotopic (exact) mass is 925 g/mol. The fourth-order valence-electron chi connectivity index (χ4n) is 6.60. The molecule has 17 heteroatoms. The smallest absolute Gasteiger partial charge is 0.299 e. The fourth-order valence-corrected chi connectivity index (χ4v) is 7.87. The summed E-state index contributed by atoms with van der Waals surface area (Å²) in [4.78, 5) is 63.3. The third kappa shape index (κ3) is 9.60. The van der Waals surface area contributed by atoms with Gasteiger partial charge in [-0.25, -0.2) is 9.97 Å². The van der Waals surface area contributed by atoms with Gasteiger partial charge in [-0.15, -0.1) is 0 Å². The Morgan fingerprint density at radius 3 is 1.92 bits per heavy atom. The molecule has 0 bridgehead atoms. The maximum Gasteiger partial charge on any atom is 0.299 e. The summed E-state index contributed by atoms with van der Waals surface area (Å²) >= 11 is 31.5. The number of ether oxygens (including phenoxy) is 1. The highest BCUT2D eigenvalue weighted by molar-refractivity contribution is 6.52. The lowest BCUT2D eigenvalue weighted by molar-refractivity contribution is -0.113. The largest absolute Gasteiger partial charge is 0.497 e. The van der Waals surface area contributed by atoms with Gasteiger partial charge in [0.25, 0.3) is 23.4 Å². The minimum atomic E-state index is -0.879. The second kappa shape index (κ2) is 19.2. The first-order valence-electron chi connectivity index (χ1n) is 18.5. The summed E-state index contributed by atoms with van der Waals surface area (Å²) in [7, 11) is 1.54. The summed E-state index contributed by atoms with van der Waals surface area (Å²) < 4.78 is 8.84. The number of pyridine rings is 1. The number of rotatable bonds is 11. The third-order valence-corrected chi connectivity index (χ3v) is 11.1. The highest BCUT2D eigenvalue weighted by Gasteiger charge is 2.29. The molecule has 0 aliphatic carbocycles. The van der Waals surface area contributed by atoms with E-state index in [1.807, 2.05) is 30.3 Å². The molecule has 62 heavy (non-hydrogen) atoms. The third-order valence-electron chi connectivity index (χ3n) is 9.52. The van der Waals surface area contributed by atoms with E-state index in [-0.39, 0.29) is 27.4 Å². The van der Waals surface area contributed by atoms with E-state index in [9.17, 15) is 19.2 Å². The van der Waals surface area contributed by atoms with Crippen LogP contribution in [-0.4, -0.2) is 54.6 Å². The first kappa shape index (κ1) is 43.8. The summed E-state index contributed by atoms with van der Waals surface area (Å²) in [5.41, 5.74) is 4.54. The van der Waals surface area contributed by atoms with Crippen LogP contribution in [0.5, 0.6) is 5.75 Å². The normalized spacial score (nSPS) is 10.9. The van der Waals surface area contributed by atoms with Gasteiger partial charge in [0.2, 0.25) is 5.95 Å². The van der Waals surface area contributed by atoms with Crippen molar-refractivity contribution in [3.63, 3.8) is 0 Å². The number of carbonyl (C=O) groups excluding carboxylic acids is 4. The SMILES string of the molecule is COc1ccc2c(c1)c(C(=O)C(=O)Nc1ccnc(C)c1)c(Cl)n2Cc1ccc(Cl)cc1.O=C(Nc1ncccn1)C(=O)c1c(Cl)n(Cc2ccc(Cl)cc2Cl)c2ccccc12. The minimum absolute atomic E-state index is 0.0312. The summed E-state index contributed by atoms with van der Waals surface area (Å²) in [6.07, 6.45) is 4.48. The number of para-hydroxylation sites is 1. The van der Waals surface area contributed by atoms with Crippen molar-refractivity contribution in [1.82, 2.24) is 24.1 Å². The molecule has 0 spiro atoms. The molecule has 4 aromatic heterocycles. The van der Waals surface area contributed by atoms with Crippen molar-refractivity contribution < 1.29 is 23.9 Å². The van der Waals surface area contributed by atoms with Gasteiger partial charge in [0.1, 0.15) is 16.1 Å². The Bertz CT molecular complexity index is 3010. The van der Waals surface area contributed by atoms with E-state index >= 15 is 0 Å². The average molecular weight is 928 g/mol. The molecule has 0 aliphatic rings. The molecule has 312 valence electrons. The van der Waals surface area contributed by atoms with Crippen LogP contribution >= 0.6 is 58.0 Å². The molecule has 0 atom stereocenters. The van der Waals surface area contributed by atoms with Gasteiger partial charge in [0.15, 0.2) is 0 Å². The molecule has 0 unspecified atom stereocenters. The molecule has 0 saturated heterocycles. The van der Waals surface area contributed by atoms with Gasteiger partial charge < -0.3 is 19.2 Å². The Labute approximate surface area is 379 Å². The zero-order valence-corrected chi connectivity index (χ0v) is 36.4. The van der Waals surface area contributed by atoms with Crippen LogP contribution in [0.15, 0.2) is 122 Å². The summed E-state index contributed by atoms with van der Waals surface area (Å²) in [5.74, 6) is -2.61. The number of benzene rings is 4. The summed E-state index contributed by atoms with van der Waals surface area (Å²) in [6.45, 7) is 2.49. The van der Waals surface area contributed by atoms with Crippen molar-refractivity contribution in [3.8, 4) is 5.75 Å². The first-order valence-corrected chi connectivity index (χ1v) is 20.4. The molecule has 0 fully saturated rings. The molecular weight excluding hydrogens is 896 g/mol. The van der Waals surface area contributed by atoms with Crippen molar-refractivity contribution in [1.29, 1.82) is 0 Å². The highest BCUT2D eigenvalue weighted by Crippen LogP contribution is 2.35. The van der Waals surface area contributed by atoms with E-state index < -0.39 is 23.4 Å². The number of hydrogen-bond acceptors (Lipinski definition) is 8. The van der Waals surface area contributed by atoms with Crippen LogP contribution in [0.2, 0.25) is 25.4 Å². The Balaban J connectivity index is 0.000000187. The molecule has 8 rings (SSSR count). The number of carbonyl (C=O) groups is 4. The molecule has 8 aromatic rings. The van der Waals surface area contributed by atoms with Gasteiger partial charge in [0, 0.05) is 62.4 Å². The number of nitrogens with one attached hydrogen (secondary N) is 2. The van der Waals surface area contributed by atoms with Gasteiger partial charge in [-0.05, 0) is 84.8 Å². The Hall–Kier alpha value is -6.28. The number of anilines is 2. The van der Waals surface area contributed by atoms with Crippen molar-refractivity contribution in [2.24, 2.45) is 0 Å². The maximum absolute atomic E-state index is 13.2. The van der Waals surface area contributed by atoms with Crippen LogP contribution in [0.1, 0.15) is 37.5 Å². The van der Waals surface area contributed by atoms with E-state index in [1.54, 1.807) is 95.1 Å². The lowest BCUT2D eigenvalue weighted by atomic mass is 10.1. The van der Waals surface area contributed by atoms with Crippen LogP contribution in [0.4, 0.5) is 11.6 Å². The standard InChI is InChI=1S/C24H19Cl2N3O3.C21H13Cl3N4O2/c1-14-11-17(9-10-27-14)28-24(31)22(30)21-19-12-18(32-2)7-8-20(19)29(23(21)26)13-15-3-5-16(25)6-4-15;22-13-7-6-12(15(23)10-13)11-28-16-5-2-1-4-14(16)17(19(28)24)18(29)20(30)27-21-25-8-3-9-26-21/h3-12H,13H2,1-2H3,(H,27,28,31);1-10H,11H2,(H,25,26,27,30). The Morgan fingerprint density at radius 2 is 1.24 bits per heavy atom. The molecule has 2 amide bonds. The quantitative estimate of drug-likeness (QED) is 0.0961. The lowest BCUT2D eigenvalue weighted by Crippen LogP contribution is -2.24. The van der Waals surface area contributed by atoms with Crippen molar-refractivity contribution >= 4 is 115 Å². The predicted octanol–water partition coefficient (Wildman–Crippen LogP) is 10.8. The van der Waals surface area contributed by atoms with Crippen LogP contribution in [0.3, 0.4) is 0 Å². The number of amides is 2. The van der Waals surface area contributed by atoms with Crippen LogP contribution in [0.25, 0.3) is 21.8 Å². The van der Waals surface area contributed by atoms with Gasteiger partial charge in [-0.1, -0.05) is 94.4 Å². The van der Waals surface area contributed by atoms with Crippen molar-refractivity contribution in [2.45, 2.75) is 20.0 Å². The molecule has 0 radical (unpaired) electrons. The van der Waals surface area contributed by atoms with Gasteiger partial charge in [-0.3, -0.25) is 29.5 Å². The molecule has 0 saturated carbocycles. The zero-order valence-electron chi connectivity index (χ0n) is 32.6. The number of methoxy groups -OCH3 is 1. The first-order chi connectivity index (χ1) is 29.8. The maximum atomic E-state index is 13.2. The van der Waals surface area contributed by atoms with Gasteiger partial charge >= 0.3 is 0 Å². The average Bonchev–Trinajstić information content (AvgIpc) is 3.70. The van der Waals surface area contributed by atoms with E-state index in [2.05, 4.69) is 25.6 Å². The van der Waals surface area contributed by atoms with E-state index in [0.717, 1.165) is 16.8 Å². The zero-order chi connectivity index (χ0) is 44.1. The van der Waals surface area contributed by atoms with Gasteiger partial charge in [-0.2, -0.15) is 0 Å². The number of ketones is 2. The second-order valence-corrected chi connectivity index (χ2v) is 15.6. The number of nitrogens with zero attached hydrogens (tertiary/aromatic N) is 5. The highest BCUT2D eigenvalue weighted by atomic mass is 35.5. The molecule has 4 heterocycles. The molecule has 12 nitrogen and oxygen atoms in total. The molecular formula is C45H32Cl5N7O5. The molecule has 0 aliphatic heterocycles. The van der Waals surface area contributed by atoms with Crippen LogP contribution < -0.4 is 15.4 Å². The number of hydrogen-bond donors (Lipinski definition) is 2. The van der Waals surface area contributed by atoms with E-state index in [1.165, 1.54) is 19.5 Å². The summed E-state index contributed by atoms with van der Waals surface area (Å²) in [5, 5.41) is 8.04. The van der Waals surface area contributed by atoms with E-state index in [0.29, 0.717) is 61.4 Å². The number of halogens is 5. The molecule has 2 N–H and O–H groups in total. The number of fused-ring (bicyclic) bond motifs is 2. The van der Waals surface area contributed by atoms with Gasteiger partial charge in [0.05, 0.1) is 35.8 Å². The minimum Gasteiger partial charge on any atom is -0.497 e. The summed E-state index contributed by atoms with van der Waals surface area (Å²) in [6, 6.07) is 29.8. The van der Waals surface area contributed by atoms with Crippen molar-refractivity contribution in [3.05, 3.63) is 175 Å². The predicted molar refractivity (Wildman–Crippen MR) is 243 cm³/mol. The lowest BCUT2D eigenvalue weighted by Gasteiger charge is -2.09. The number of aryl methyl sites for hydroxylation is 1. The Kier molecular flexibility index (Phi) is 13.6. The van der Waals surface area contributed by atoms with E-state index in [4.69, 9.17) is 62.7 Å². The number of Topliss-reactive ketones (excluding diaryl/α,β-unsaturated/α-hetero) is 2. The van der Waals surface area contributed by atoms with Crippen LogP contribution in [0, 0.1) is 6.92 Å². The Morgan fingerprint density at radius 1 is 0.613 bits per heavy atom.